The van der Waals surface area contributed by atoms with Crippen molar-refractivity contribution < 1.29 is 26.7 Å². The molecule has 0 bridgehead atoms. The van der Waals surface area contributed by atoms with Gasteiger partial charge in [0, 0.05) is 50.5 Å². The Hall–Kier alpha value is -2.47. The number of hydrogen-bond donors (Lipinski definition) is 2. The summed E-state index contributed by atoms with van der Waals surface area (Å²) in [6.07, 6.45) is 5.39. The minimum atomic E-state index is -3.05. The Bertz CT molecular complexity index is 1280. The number of carbonyl (C=O) groups is 1. The van der Waals surface area contributed by atoms with Crippen LogP contribution in [0.1, 0.15) is 62.4 Å². The van der Waals surface area contributed by atoms with Crippen molar-refractivity contribution in [2.24, 2.45) is 5.92 Å². The highest BCUT2D eigenvalue weighted by Crippen LogP contribution is 2.39. The van der Waals surface area contributed by atoms with Crippen molar-refractivity contribution in [2.75, 3.05) is 25.2 Å². The minimum absolute atomic E-state index is 0.0748. The van der Waals surface area contributed by atoms with E-state index in [1.165, 1.54) is 19.6 Å². The molecule has 2 aromatic heterocycles. The number of sulfone groups is 1. The number of amides is 1. The number of methoxy groups -OCH3 is 1. The van der Waals surface area contributed by atoms with E-state index in [-0.39, 0.29) is 40.8 Å². The molecule has 0 saturated heterocycles. The van der Waals surface area contributed by atoms with E-state index in [2.05, 4.69) is 20.7 Å². The second-order valence-electron chi connectivity index (χ2n) is 10.2. The highest BCUT2D eigenvalue weighted by Gasteiger charge is 2.39. The number of ether oxygens (including phenoxy) is 1. The van der Waals surface area contributed by atoms with Crippen molar-refractivity contribution in [3.63, 3.8) is 0 Å². The van der Waals surface area contributed by atoms with Crippen LogP contribution >= 0.6 is 11.6 Å². The summed E-state index contributed by atoms with van der Waals surface area (Å²) >= 11 is 6.67. The van der Waals surface area contributed by atoms with Crippen molar-refractivity contribution in [3.8, 4) is 17.0 Å². The Morgan fingerprint density at radius 3 is 2.55 bits per heavy atom. The molecule has 2 aromatic rings. The molecule has 2 aliphatic carbocycles. The average molecular weight is 574 g/mol. The average Bonchev–Trinajstić information content (AvgIpc) is 3.39. The van der Waals surface area contributed by atoms with Gasteiger partial charge < -0.3 is 15.4 Å². The topological polar surface area (TPSA) is 115 Å². The zero-order valence-corrected chi connectivity index (χ0v) is 23.3. The summed E-state index contributed by atoms with van der Waals surface area (Å²) in [5.74, 6) is -2.07. The lowest BCUT2D eigenvalue weighted by atomic mass is 9.89. The third-order valence-electron chi connectivity index (χ3n) is 7.46. The number of pyridine rings is 1. The molecule has 0 aromatic carbocycles. The number of aryl methyl sites for hydroxylation is 1. The first-order valence-electron chi connectivity index (χ1n) is 12.8. The summed E-state index contributed by atoms with van der Waals surface area (Å²) in [6, 6.07) is 1.25. The van der Waals surface area contributed by atoms with Crippen LogP contribution < -0.4 is 15.4 Å². The van der Waals surface area contributed by atoms with Gasteiger partial charge in [-0.2, -0.15) is 5.10 Å². The van der Waals surface area contributed by atoms with Crippen LogP contribution in [0.25, 0.3) is 11.3 Å². The first-order chi connectivity index (χ1) is 17.9. The molecule has 0 unspecified atom stereocenters. The molecule has 2 fully saturated rings. The zero-order valence-electron chi connectivity index (χ0n) is 21.8. The van der Waals surface area contributed by atoms with Crippen LogP contribution in [0, 0.1) is 5.92 Å². The molecular formula is C25H34ClF2N5O4S. The van der Waals surface area contributed by atoms with Gasteiger partial charge in [-0.3, -0.25) is 9.48 Å². The van der Waals surface area contributed by atoms with Crippen LogP contribution in [-0.2, 0) is 16.4 Å². The molecule has 2 aliphatic rings. The van der Waals surface area contributed by atoms with Crippen molar-refractivity contribution in [3.05, 3.63) is 23.0 Å². The van der Waals surface area contributed by atoms with Crippen molar-refractivity contribution in [2.45, 2.75) is 75.6 Å². The van der Waals surface area contributed by atoms with Crippen LogP contribution in [0.2, 0.25) is 5.02 Å². The highest BCUT2D eigenvalue weighted by atomic mass is 35.5. The van der Waals surface area contributed by atoms with Gasteiger partial charge in [-0.25, -0.2) is 22.2 Å². The smallest absolute Gasteiger partial charge is 0.273 e. The molecule has 0 aliphatic heterocycles. The van der Waals surface area contributed by atoms with Gasteiger partial charge in [-0.1, -0.05) is 11.6 Å². The van der Waals surface area contributed by atoms with Gasteiger partial charge in [-0.05, 0) is 44.9 Å². The van der Waals surface area contributed by atoms with E-state index in [0.29, 0.717) is 55.2 Å². The molecule has 2 heterocycles. The molecule has 1 amide bonds. The number of anilines is 1. The molecule has 13 heteroatoms. The van der Waals surface area contributed by atoms with Crippen molar-refractivity contribution in [1.29, 1.82) is 0 Å². The maximum atomic E-state index is 13.6. The Morgan fingerprint density at radius 1 is 1.26 bits per heavy atom. The summed E-state index contributed by atoms with van der Waals surface area (Å²) in [5.41, 5.74) is 1.06. The molecule has 9 nitrogen and oxygen atoms in total. The molecule has 2 saturated carbocycles. The second kappa shape index (κ2) is 11.3. The summed E-state index contributed by atoms with van der Waals surface area (Å²) in [5, 5.41) is 10.2. The molecule has 1 atom stereocenters. The van der Waals surface area contributed by atoms with Gasteiger partial charge in [0.25, 0.3) is 5.91 Å². The van der Waals surface area contributed by atoms with Gasteiger partial charge in [0.05, 0.1) is 28.6 Å². The highest BCUT2D eigenvalue weighted by molar-refractivity contribution is 7.91. The molecule has 4 rings (SSSR count). The molecule has 38 heavy (non-hydrogen) atoms. The standard InChI is InChI=1S/C25H34ClF2N5O4S/c1-4-33-23(18-14-29-20(11-19(18)37-2)31-16-9-10-25(27,28)12-16)21(26)22(32-33)24(34)30-13-15-5-7-17(8-6-15)38(3,35)36/h11,14-17H,4-10,12-13H2,1-3H3,(H,29,31)(H,30,34)/t15?,16-,17?/m0/s1. The minimum Gasteiger partial charge on any atom is -0.496 e. The van der Waals surface area contributed by atoms with Gasteiger partial charge in [0.2, 0.25) is 5.92 Å². The fourth-order valence-corrected chi connectivity index (χ4v) is 6.75. The van der Waals surface area contributed by atoms with Crippen LogP contribution in [0.3, 0.4) is 0 Å². The Labute approximate surface area is 226 Å². The third-order valence-corrected chi connectivity index (χ3v) is 9.50. The third kappa shape index (κ3) is 6.39. The number of nitrogens with one attached hydrogen (secondary N) is 2. The summed E-state index contributed by atoms with van der Waals surface area (Å²) in [7, 11) is -1.56. The summed E-state index contributed by atoms with van der Waals surface area (Å²) in [6.45, 7) is 2.70. The fraction of sp³-hybridized carbons (Fsp3) is 0.640. The van der Waals surface area contributed by atoms with Gasteiger partial charge >= 0.3 is 0 Å². The first kappa shape index (κ1) is 28.5. The van der Waals surface area contributed by atoms with Crippen molar-refractivity contribution >= 4 is 33.2 Å². The fourth-order valence-electron chi connectivity index (χ4n) is 5.30. The lowest BCUT2D eigenvalue weighted by Gasteiger charge is -2.27. The van der Waals surface area contributed by atoms with Gasteiger partial charge in [-0.15, -0.1) is 0 Å². The monoisotopic (exact) mass is 573 g/mol. The Balaban J connectivity index is 1.47. The van der Waals surface area contributed by atoms with E-state index in [0.717, 1.165) is 12.8 Å². The largest absolute Gasteiger partial charge is 0.496 e. The van der Waals surface area contributed by atoms with E-state index in [9.17, 15) is 22.0 Å². The van der Waals surface area contributed by atoms with E-state index in [1.807, 2.05) is 6.92 Å². The predicted molar refractivity (Wildman–Crippen MR) is 142 cm³/mol. The van der Waals surface area contributed by atoms with Crippen LogP contribution in [0.5, 0.6) is 5.75 Å². The van der Waals surface area contributed by atoms with E-state index < -0.39 is 21.7 Å². The summed E-state index contributed by atoms with van der Waals surface area (Å²) < 4.78 is 57.9. The Kier molecular flexibility index (Phi) is 8.51. The van der Waals surface area contributed by atoms with Crippen LogP contribution in [-0.4, -0.2) is 66.2 Å². The van der Waals surface area contributed by atoms with Crippen molar-refractivity contribution in [1.82, 2.24) is 20.1 Å². The van der Waals surface area contributed by atoms with Crippen LogP contribution in [0.4, 0.5) is 14.6 Å². The maximum Gasteiger partial charge on any atom is 0.273 e. The number of aromatic nitrogens is 3. The Morgan fingerprint density at radius 2 is 1.97 bits per heavy atom. The van der Waals surface area contributed by atoms with Gasteiger partial charge in [0.15, 0.2) is 5.69 Å². The molecular weight excluding hydrogens is 540 g/mol. The molecule has 2 N–H and O–H groups in total. The van der Waals surface area contributed by atoms with Crippen LogP contribution in [0.15, 0.2) is 12.3 Å². The zero-order chi connectivity index (χ0) is 27.7. The summed E-state index contributed by atoms with van der Waals surface area (Å²) in [4.78, 5) is 17.4. The second-order valence-corrected chi connectivity index (χ2v) is 12.9. The molecule has 210 valence electrons. The molecule has 0 spiro atoms. The number of carbonyl (C=O) groups excluding carboxylic acids is 1. The van der Waals surface area contributed by atoms with E-state index >= 15 is 0 Å². The van der Waals surface area contributed by atoms with Gasteiger partial charge in [0.1, 0.15) is 21.4 Å². The number of nitrogens with zero attached hydrogens (tertiary/aromatic N) is 3. The number of rotatable bonds is 9. The number of alkyl halides is 2. The number of halogens is 3. The van der Waals surface area contributed by atoms with E-state index in [4.69, 9.17) is 16.3 Å². The lowest BCUT2D eigenvalue weighted by molar-refractivity contribution is 0.00851. The quantitative estimate of drug-likeness (QED) is 0.452. The lowest BCUT2D eigenvalue weighted by Crippen LogP contribution is -2.34. The first-order valence-corrected chi connectivity index (χ1v) is 15.2. The number of hydrogen-bond acceptors (Lipinski definition) is 7. The SMILES string of the molecule is CCn1nc(C(=O)NCC2CCC(S(C)(=O)=O)CC2)c(Cl)c1-c1cnc(N[C@H]2CCC(F)(F)C2)cc1OC. The molecule has 0 radical (unpaired) electrons. The predicted octanol–water partition coefficient (Wildman–Crippen LogP) is 4.56. The maximum absolute atomic E-state index is 13.6. The normalized spacial score (nSPS) is 23.3. The van der Waals surface area contributed by atoms with E-state index in [1.54, 1.807) is 10.7 Å².